The fourth-order valence-electron chi connectivity index (χ4n) is 3.68. The van der Waals surface area contributed by atoms with Crippen LogP contribution >= 0.6 is 0 Å². The van der Waals surface area contributed by atoms with Crippen molar-refractivity contribution < 1.29 is 22.7 Å². The Kier molecular flexibility index (Phi) is 6.25. The summed E-state index contributed by atoms with van der Waals surface area (Å²) >= 11 is 0. The number of aromatic nitrogens is 3. The Balaban J connectivity index is 1.69. The summed E-state index contributed by atoms with van der Waals surface area (Å²) in [5.41, 5.74) is -0.615. The maximum Gasteiger partial charge on any atom is 0.332 e. The maximum absolute atomic E-state index is 13.2. The van der Waals surface area contributed by atoms with Crippen LogP contribution in [-0.2, 0) is 28.9 Å². The average Bonchev–Trinajstić information content (AvgIpc) is 2.86. The van der Waals surface area contributed by atoms with E-state index in [0.717, 1.165) is 4.57 Å². The highest BCUT2D eigenvalue weighted by molar-refractivity contribution is 7.89. The molecule has 0 spiro atoms. The number of anilines is 1. The minimum atomic E-state index is -3.92. The number of carbonyl (C=O) groups excluding carboxylic acids is 1. The molecule has 0 unspecified atom stereocenters. The number of morpholine rings is 1. The van der Waals surface area contributed by atoms with E-state index in [4.69, 9.17) is 9.47 Å². The van der Waals surface area contributed by atoms with Crippen molar-refractivity contribution in [3.05, 3.63) is 56.9 Å². The standard InChI is InChI=1S/C21H23N5O7S/c1-24-18-15(20(28)25(2)21(24)29)11-14(12-22-18)23-19(27)13-4-5-16(32-3)17(10-13)34(30,31)26-6-8-33-9-7-26/h4-5,10-12H,6-9H2,1-3H3,(H,23,27). The SMILES string of the molecule is COc1ccc(C(=O)Nc2cnc3c(c2)c(=O)n(C)c(=O)n3C)cc1S(=O)(=O)N1CCOCC1. The quantitative estimate of drug-likeness (QED) is 0.524. The van der Waals surface area contributed by atoms with Crippen LogP contribution in [0, 0.1) is 0 Å². The summed E-state index contributed by atoms with van der Waals surface area (Å²) in [7, 11) is 0.267. The third-order valence-corrected chi connectivity index (χ3v) is 7.48. The van der Waals surface area contributed by atoms with Gasteiger partial charge in [0.15, 0.2) is 0 Å². The van der Waals surface area contributed by atoms with Crippen LogP contribution in [0.3, 0.4) is 0 Å². The Morgan fingerprint density at radius 2 is 1.82 bits per heavy atom. The number of carbonyl (C=O) groups is 1. The van der Waals surface area contributed by atoms with Crippen molar-refractivity contribution in [1.82, 2.24) is 18.4 Å². The van der Waals surface area contributed by atoms with Crippen molar-refractivity contribution in [2.24, 2.45) is 14.1 Å². The van der Waals surface area contributed by atoms with Gasteiger partial charge in [-0.3, -0.25) is 18.7 Å². The number of nitrogens with zero attached hydrogens (tertiary/aromatic N) is 4. The number of benzene rings is 1. The molecule has 180 valence electrons. The van der Waals surface area contributed by atoms with Gasteiger partial charge in [0.25, 0.3) is 11.5 Å². The molecule has 2 aromatic heterocycles. The highest BCUT2D eigenvalue weighted by Crippen LogP contribution is 2.29. The molecule has 1 saturated heterocycles. The largest absolute Gasteiger partial charge is 0.495 e. The normalized spacial score (nSPS) is 14.8. The van der Waals surface area contributed by atoms with Crippen LogP contribution in [0.15, 0.2) is 44.9 Å². The minimum Gasteiger partial charge on any atom is -0.495 e. The Morgan fingerprint density at radius 3 is 2.50 bits per heavy atom. The van der Waals surface area contributed by atoms with E-state index < -0.39 is 27.2 Å². The van der Waals surface area contributed by atoms with Crippen molar-refractivity contribution in [2.75, 3.05) is 38.7 Å². The number of rotatable bonds is 5. The molecule has 0 atom stereocenters. The molecule has 1 aromatic carbocycles. The van der Waals surface area contributed by atoms with E-state index in [9.17, 15) is 22.8 Å². The van der Waals surface area contributed by atoms with E-state index in [1.54, 1.807) is 0 Å². The molecule has 13 heteroatoms. The smallest absolute Gasteiger partial charge is 0.332 e. The summed E-state index contributed by atoms with van der Waals surface area (Å²) in [5.74, 6) is -0.497. The summed E-state index contributed by atoms with van der Waals surface area (Å²) in [5, 5.41) is 2.77. The van der Waals surface area contributed by atoms with Crippen LogP contribution in [0.2, 0.25) is 0 Å². The van der Waals surface area contributed by atoms with Gasteiger partial charge in [0.2, 0.25) is 10.0 Å². The summed E-state index contributed by atoms with van der Waals surface area (Å²) < 4.78 is 40.2. The molecule has 3 heterocycles. The van der Waals surface area contributed by atoms with E-state index in [1.165, 1.54) is 60.5 Å². The Bertz CT molecular complexity index is 1500. The van der Waals surface area contributed by atoms with Crippen LogP contribution < -0.4 is 21.3 Å². The number of hydrogen-bond acceptors (Lipinski definition) is 8. The van der Waals surface area contributed by atoms with E-state index in [0.29, 0.717) is 0 Å². The van der Waals surface area contributed by atoms with Gasteiger partial charge in [-0.25, -0.2) is 18.2 Å². The number of fused-ring (bicyclic) bond motifs is 1. The summed E-state index contributed by atoms with van der Waals surface area (Å²) in [6.07, 6.45) is 1.31. The number of nitrogens with one attached hydrogen (secondary N) is 1. The lowest BCUT2D eigenvalue weighted by Gasteiger charge is -2.26. The molecule has 1 fully saturated rings. The van der Waals surface area contributed by atoms with Crippen molar-refractivity contribution in [1.29, 1.82) is 0 Å². The minimum absolute atomic E-state index is 0.0705. The molecule has 1 aliphatic heterocycles. The van der Waals surface area contributed by atoms with Crippen molar-refractivity contribution >= 4 is 32.7 Å². The highest BCUT2D eigenvalue weighted by atomic mass is 32.2. The van der Waals surface area contributed by atoms with Gasteiger partial charge in [-0.05, 0) is 24.3 Å². The first-order valence-corrected chi connectivity index (χ1v) is 11.7. The maximum atomic E-state index is 13.2. The summed E-state index contributed by atoms with van der Waals surface area (Å²) in [4.78, 5) is 41.5. The van der Waals surface area contributed by atoms with Gasteiger partial charge < -0.3 is 14.8 Å². The number of hydrogen-bond donors (Lipinski definition) is 1. The van der Waals surface area contributed by atoms with Crippen molar-refractivity contribution in [3.8, 4) is 5.75 Å². The van der Waals surface area contributed by atoms with Crippen molar-refractivity contribution in [2.45, 2.75) is 4.90 Å². The lowest BCUT2D eigenvalue weighted by Crippen LogP contribution is -2.40. The molecule has 0 bridgehead atoms. The van der Waals surface area contributed by atoms with Gasteiger partial charge in [0.1, 0.15) is 16.3 Å². The lowest BCUT2D eigenvalue weighted by molar-refractivity contribution is 0.0729. The van der Waals surface area contributed by atoms with E-state index in [2.05, 4.69) is 10.3 Å². The topological polar surface area (TPSA) is 142 Å². The van der Waals surface area contributed by atoms with Crippen LogP contribution in [-0.4, -0.2) is 66.2 Å². The first-order chi connectivity index (χ1) is 16.1. The van der Waals surface area contributed by atoms with Gasteiger partial charge >= 0.3 is 5.69 Å². The molecular weight excluding hydrogens is 466 g/mol. The zero-order valence-electron chi connectivity index (χ0n) is 18.8. The molecule has 3 aromatic rings. The first kappa shape index (κ1) is 23.6. The van der Waals surface area contributed by atoms with E-state index in [1.807, 2.05) is 0 Å². The average molecular weight is 490 g/mol. The van der Waals surface area contributed by atoms with E-state index >= 15 is 0 Å². The van der Waals surface area contributed by atoms with Gasteiger partial charge in [-0.1, -0.05) is 0 Å². The zero-order valence-corrected chi connectivity index (χ0v) is 19.6. The number of amides is 1. The molecular formula is C21H23N5O7S. The third kappa shape index (κ3) is 4.08. The first-order valence-electron chi connectivity index (χ1n) is 10.3. The number of methoxy groups -OCH3 is 1. The fourth-order valence-corrected chi connectivity index (χ4v) is 5.27. The molecule has 1 N–H and O–H groups in total. The second-order valence-corrected chi connectivity index (χ2v) is 9.54. The van der Waals surface area contributed by atoms with Gasteiger partial charge in [0, 0.05) is 32.7 Å². The van der Waals surface area contributed by atoms with Crippen LogP contribution in [0.25, 0.3) is 11.0 Å². The van der Waals surface area contributed by atoms with Gasteiger partial charge in [-0.2, -0.15) is 4.31 Å². The number of ether oxygens (including phenoxy) is 2. The third-order valence-electron chi connectivity index (χ3n) is 5.56. The van der Waals surface area contributed by atoms with Crippen LogP contribution in [0.4, 0.5) is 5.69 Å². The predicted molar refractivity (Wildman–Crippen MR) is 123 cm³/mol. The van der Waals surface area contributed by atoms with Crippen LogP contribution in [0.5, 0.6) is 5.75 Å². The second kappa shape index (κ2) is 9.00. The Morgan fingerprint density at radius 1 is 1.12 bits per heavy atom. The van der Waals surface area contributed by atoms with Crippen LogP contribution in [0.1, 0.15) is 10.4 Å². The molecule has 1 amide bonds. The van der Waals surface area contributed by atoms with Gasteiger partial charge in [0.05, 0.1) is 37.6 Å². The number of aryl methyl sites for hydroxylation is 1. The molecule has 0 aliphatic carbocycles. The van der Waals surface area contributed by atoms with Gasteiger partial charge in [-0.15, -0.1) is 0 Å². The predicted octanol–water partition coefficient (Wildman–Crippen LogP) is -0.0860. The van der Waals surface area contributed by atoms with Crippen molar-refractivity contribution in [3.63, 3.8) is 0 Å². The zero-order chi connectivity index (χ0) is 24.6. The number of sulfonamides is 1. The van der Waals surface area contributed by atoms with E-state index in [-0.39, 0.29) is 59.2 Å². The molecule has 12 nitrogen and oxygen atoms in total. The fraction of sp³-hybridized carbons (Fsp3) is 0.333. The summed E-state index contributed by atoms with van der Waals surface area (Å²) in [6.45, 7) is 0.952. The Hall–Kier alpha value is -3.55. The lowest BCUT2D eigenvalue weighted by atomic mass is 10.2. The summed E-state index contributed by atoms with van der Waals surface area (Å²) in [6, 6.07) is 5.50. The molecule has 0 saturated carbocycles. The Labute approximate surface area is 194 Å². The molecule has 4 rings (SSSR count). The highest BCUT2D eigenvalue weighted by Gasteiger charge is 2.30. The molecule has 0 radical (unpaired) electrons. The molecule has 34 heavy (non-hydrogen) atoms. The number of pyridine rings is 1. The monoisotopic (exact) mass is 489 g/mol. The second-order valence-electron chi connectivity index (χ2n) is 7.64. The molecule has 1 aliphatic rings.